The summed E-state index contributed by atoms with van der Waals surface area (Å²) >= 11 is 1.41. The molecule has 1 fully saturated rings. The number of nitrogens with zero attached hydrogens (tertiary/aromatic N) is 1. The molecule has 138 valence electrons. The fourth-order valence-corrected chi connectivity index (χ4v) is 3.98. The van der Waals surface area contributed by atoms with Gasteiger partial charge in [0.25, 0.3) is 5.91 Å². The fourth-order valence-electron chi connectivity index (χ4n) is 3.31. The van der Waals surface area contributed by atoms with Crippen LogP contribution in [0.5, 0.6) is 0 Å². The highest BCUT2D eigenvalue weighted by atomic mass is 32.1. The molecular weight excluding hydrogens is 348 g/mol. The molecule has 0 radical (unpaired) electrons. The largest absolute Gasteiger partial charge is 0.375 e. The van der Waals surface area contributed by atoms with E-state index < -0.39 is 6.04 Å². The Bertz CT molecular complexity index is 718. The third-order valence-electron chi connectivity index (χ3n) is 4.72. The number of piperidine rings is 1. The number of nitrogens with one attached hydrogen (secondary N) is 1. The van der Waals surface area contributed by atoms with Gasteiger partial charge in [0, 0.05) is 20.2 Å². The lowest BCUT2D eigenvalue weighted by Gasteiger charge is -2.34. The molecule has 1 aromatic heterocycles. The number of benzene rings is 1. The monoisotopic (exact) mass is 372 g/mol. The number of carbonyl (C=O) groups is 2. The second-order valence-electron chi connectivity index (χ2n) is 6.37. The van der Waals surface area contributed by atoms with Gasteiger partial charge in [0.15, 0.2) is 0 Å². The molecule has 0 spiro atoms. The van der Waals surface area contributed by atoms with Gasteiger partial charge in [-0.25, -0.2) is 0 Å². The normalized spacial score (nSPS) is 18.3. The van der Waals surface area contributed by atoms with Crippen LogP contribution in [0.3, 0.4) is 0 Å². The summed E-state index contributed by atoms with van der Waals surface area (Å²) in [6.07, 6.45) is 2.39. The van der Waals surface area contributed by atoms with Crippen LogP contribution in [-0.2, 0) is 9.53 Å². The molecule has 1 aliphatic rings. The van der Waals surface area contributed by atoms with Crippen LogP contribution in [0.1, 0.15) is 40.6 Å². The van der Waals surface area contributed by atoms with E-state index in [9.17, 15) is 9.59 Å². The van der Waals surface area contributed by atoms with Crippen molar-refractivity contribution in [2.45, 2.75) is 31.4 Å². The third-order valence-corrected chi connectivity index (χ3v) is 5.57. The average molecular weight is 372 g/mol. The average Bonchev–Trinajstić information content (AvgIpc) is 3.23. The van der Waals surface area contributed by atoms with E-state index in [1.54, 1.807) is 12.0 Å². The second-order valence-corrected chi connectivity index (χ2v) is 7.32. The molecule has 1 aliphatic heterocycles. The van der Waals surface area contributed by atoms with Crippen LogP contribution in [0.25, 0.3) is 0 Å². The molecule has 2 heterocycles. The van der Waals surface area contributed by atoms with E-state index in [0.29, 0.717) is 24.4 Å². The van der Waals surface area contributed by atoms with E-state index in [1.165, 1.54) is 11.3 Å². The maximum Gasteiger partial charge on any atom is 0.264 e. The lowest BCUT2D eigenvalue weighted by atomic mass is 10.0. The quantitative estimate of drug-likeness (QED) is 0.847. The van der Waals surface area contributed by atoms with Crippen molar-refractivity contribution in [2.24, 2.45) is 0 Å². The Hall–Kier alpha value is -2.18. The summed E-state index contributed by atoms with van der Waals surface area (Å²) < 4.78 is 5.51. The predicted molar refractivity (Wildman–Crippen MR) is 102 cm³/mol. The van der Waals surface area contributed by atoms with Gasteiger partial charge in [-0.3, -0.25) is 9.59 Å². The van der Waals surface area contributed by atoms with E-state index in [2.05, 4.69) is 5.32 Å². The lowest BCUT2D eigenvalue weighted by Crippen LogP contribution is -2.52. The molecular formula is C20H24N2O3S. The maximum atomic E-state index is 12.8. The van der Waals surface area contributed by atoms with Crippen molar-refractivity contribution in [3.8, 4) is 0 Å². The zero-order chi connectivity index (χ0) is 18.4. The summed E-state index contributed by atoms with van der Waals surface area (Å²) in [5.74, 6) is -0.154. The Morgan fingerprint density at radius 3 is 2.73 bits per heavy atom. The van der Waals surface area contributed by atoms with Gasteiger partial charge in [-0.2, -0.15) is 0 Å². The first-order chi connectivity index (χ1) is 12.7. The van der Waals surface area contributed by atoms with E-state index in [1.807, 2.05) is 47.8 Å². The fraction of sp³-hybridized carbons (Fsp3) is 0.400. The number of methoxy groups -OCH3 is 1. The molecule has 1 saturated heterocycles. The zero-order valence-electron chi connectivity index (χ0n) is 14.9. The first kappa shape index (κ1) is 18.6. The van der Waals surface area contributed by atoms with Crippen molar-refractivity contribution in [2.75, 3.05) is 20.2 Å². The van der Waals surface area contributed by atoms with Crippen LogP contribution in [0.2, 0.25) is 0 Å². The van der Waals surface area contributed by atoms with Crippen molar-refractivity contribution in [1.29, 1.82) is 0 Å². The summed E-state index contributed by atoms with van der Waals surface area (Å²) in [6.45, 7) is 1.01. The number of thiophene rings is 1. The summed E-state index contributed by atoms with van der Waals surface area (Å²) in [4.78, 5) is 27.9. The molecule has 6 heteroatoms. The van der Waals surface area contributed by atoms with E-state index in [0.717, 1.165) is 18.4 Å². The lowest BCUT2D eigenvalue weighted by molar-refractivity contribution is -0.127. The minimum Gasteiger partial charge on any atom is -0.375 e. The van der Waals surface area contributed by atoms with Gasteiger partial charge in [0.2, 0.25) is 5.91 Å². The maximum absolute atomic E-state index is 12.8. The number of hydrogen-bond donors (Lipinski definition) is 1. The summed E-state index contributed by atoms with van der Waals surface area (Å²) in [6, 6.07) is 13.1. The molecule has 2 atom stereocenters. The Morgan fingerprint density at radius 2 is 2.04 bits per heavy atom. The Balaban J connectivity index is 1.64. The predicted octanol–water partition coefficient (Wildman–Crippen LogP) is 3.25. The van der Waals surface area contributed by atoms with Crippen LogP contribution in [0.4, 0.5) is 0 Å². The van der Waals surface area contributed by atoms with Crippen LogP contribution < -0.4 is 5.32 Å². The Morgan fingerprint density at radius 1 is 1.23 bits per heavy atom. The number of amides is 2. The van der Waals surface area contributed by atoms with Gasteiger partial charge >= 0.3 is 0 Å². The standard InChI is InChI=1S/C20H24N2O3S/c1-25-17(15-8-3-2-4-9-15)14-21-19(23)16-10-5-6-12-22(16)20(24)18-11-7-13-26-18/h2-4,7-9,11,13,16-17H,5-6,10,12,14H2,1H3,(H,21,23). The summed E-state index contributed by atoms with van der Waals surface area (Å²) in [5.41, 5.74) is 1.02. The number of carbonyl (C=O) groups excluding carboxylic acids is 2. The molecule has 1 aromatic carbocycles. The first-order valence-electron chi connectivity index (χ1n) is 8.90. The van der Waals surface area contributed by atoms with Crippen LogP contribution >= 0.6 is 11.3 Å². The van der Waals surface area contributed by atoms with E-state index in [4.69, 9.17) is 4.74 Å². The van der Waals surface area contributed by atoms with Crippen molar-refractivity contribution in [1.82, 2.24) is 10.2 Å². The van der Waals surface area contributed by atoms with Crippen molar-refractivity contribution in [3.63, 3.8) is 0 Å². The highest BCUT2D eigenvalue weighted by Gasteiger charge is 2.33. The number of ether oxygens (including phenoxy) is 1. The molecule has 0 aliphatic carbocycles. The minimum atomic E-state index is -0.411. The van der Waals surface area contributed by atoms with Crippen LogP contribution in [-0.4, -0.2) is 43.0 Å². The number of rotatable bonds is 6. The molecule has 2 unspecified atom stereocenters. The van der Waals surface area contributed by atoms with Crippen molar-refractivity contribution >= 4 is 23.2 Å². The van der Waals surface area contributed by atoms with E-state index in [-0.39, 0.29) is 17.9 Å². The topological polar surface area (TPSA) is 58.6 Å². The summed E-state index contributed by atoms with van der Waals surface area (Å²) in [5, 5.41) is 4.86. The molecule has 5 nitrogen and oxygen atoms in total. The van der Waals surface area contributed by atoms with Crippen LogP contribution in [0.15, 0.2) is 47.8 Å². The first-order valence-corrected chi connectivity index (χ1v) is 9.78. The number of hydrogen-bond acceptors (Lipinski definition) is 4. The third kappa shape index (κ3) is 4.31. The SMILES string of the molecule is COC(CNC(=O)C1CCCCN1C(=O)c1cccs1)c1ccccc1. The van der Waals surface area contributed by atoms with Gasteiger partial charge < -0.3 is 15.0 Å². The highest BCUT2D eigenvalue weighted by molar-refractivity contribution is 7.12. The highest BCUT2D eigenvalue weighted by Crippen LogP contribution is 2.22. The Labute approximate surface area is 158 Å². The van der Waals surface area contributed by atoms with Gasteiger partial charge in [-0.1, -0.05) is 36.4 Å². The molecule has 2 amide bonds. The van der Waals surface area contributed by atoms with Crippen molar-refractivity contribution < 1.29 is 14.3 Å². The van der Waals surface area contributed by atoms with Gasteiger partial charge in [0.05, 0.1) is 11.0 Å². The van der Waals surface area contributed by atoms with E-state index >= 15 is 0 Å². The zero-order valence-corrected chi connectivity index (χ0v) is 15.7. The number of likely N-dealkylation sites (tertiary alicyclic amines) is 1. The smallest absolute Gasteiger partial charge is 0.264 e. The summed E-state index contributed by atoms with van der Waals surface area (Å²) in [7, 11) is 1.64. The van der Waals surface area contributed by atoms with Crippen LogP contribution in [0, 0.1) is 0 Å². The molecule has 0 bridgehead atoms. The van der Waals surface area contributed by atoms with Crippen molar-refractivity contribution in [3.05, 3.63) is 58.3 Å². The molecule has 0 saturated carbocycles. The Kier molecular flexibility index (Phi) is 6.41. The van der Waals surface area contributed by atoms with Gasteiger partial charge in [-0.15, -0.1) is 11.3 Å². The molecule has 3 rings (SSSR count). The minimum absolute atomic E-state index is 0.0498. The van der Waals surface area contributed by atoms with Gasteiger partial charge in [-0.05, 0) is 36.3 Å². The second kappa shape index (κ2) is 8.96. The molecule has 2 aromatic rings. The molecule has 26 heavy (non-hydrogen) atoms. The molecule has 1 N–H and O–H groups in total. The van der Waals surface area contributed by atoms with Gasteiger partial charge in [0.1, 0.15) is 6.04 Å².